The molecule has 1 unspecified atom stereocenters. The molecule has 1 N–H and O–H groups in total. The van der Waals surface area contributed by atoms with Crippen molar-refractivity contribution in [2.45, 2.75) is 19.5 Å². The van der Waals surface area contributed by atoms with Crippen molar-refractivity contribution in [3.8, 4) is 0 Å². The second-order valence-corrected chi connectivity index (χ2v) is 4.91. The Bertz CT molecular complexity index is 678. The van der Waals surface area contributed by atoms with Crippen LogP contribution in [-0.2, 0) is 16.1 Å². The monoisotopic (exact) mass is 269 g/mol. The first-order chi connectivity index (χ1) is 9.66. The second kappa shape index (κ2) is 5.02. The van der Waals surface area contributed by atoms with E-state index in [4.69, 9.17) is 0 Å². The van der Waals surface area contributed by atoms with Crippen LogP contribution >= 0.6 is 0 Å². The number of para-hydroxylation sites is 1. The third-order valence-electron chi connectivity index (χ3n) is 3.54. The Balaban J connectivity index is 1.96. The van der Waals surface area contributed by atoms with Gasteiger partial charge in [-0.1, -0.05) is 24.3 Å². The number of aromatic nitrogens is 1. The van der Waals surface area contributed by atoms with Gasteiger partial charge in [0, 0.05) is 11.6 Å². The molecule has 1 aliphatic rings. The minimum atomic E-state index is -0.323. The van der Waals surface area contributed by atoms with Gasteiger partial charge in [-0.15, -0.1) is 0 Å². The van der Waals surface area contributed by atoms with E-state index in [1.807, 2.05) is 30.3 Å². The number of piperazine rings is 1. The molecule has 1 saturated heterocycles. The van der Waals surface area contributed by atoms with Crippen LogP contribution in [0.15, 0.2) is 36.5 Å². The molecule has 1 fully saturated rings. The first-order valence-electron chi connectivity index (χ1n) is 6.57. The summed E-state index contributed by atoms with van der Waals surface area (Å²) in [5.74, 6) is -0.379. The molecule has 1 aliphatic heterocycles. The van der Waals surface area contributed by atoms with Gasteiger partial charge in [0.25, 0.3) is 0 Å². The number of rotatable bonds is 2. The molecule has 0 bridgehead atoms. The standard InChI is InChI=1S/C15H15N3O2/c1-10-15(20)18(13(19)8-17-10)9-12-5-2-4-11-6-3-7-16-14(11)12/h2-7,10,17H,8-9H2,1H3. The fraction of sp³-hybridized carbons (Fsp3) is 0.267. The summed E-state index contributed by atoms with van der Waals surface area (Å²) in [5, 5.41) is 3.89. The number of carbonyl (C=O) groups is 2. The van der Waals surface area contributed by atoms with E-state index in [9.17, 15) is 9.59 Å². The van der Waals surface area contributed by atoms with Gasteiger partial charge in [0.15, 0.2) is 0 Å². The van der Waals surface area contributed by atoms with E-state index in [0.29, 0.717) is 0 Å². The number of nitrogens with zero attached hydrogens (tertiary/aromatic N) is 2. The maximum absolute atomic E-state index is 12.1. The maximum Gasteiger partial charge on any atom is 0.246 e. The number of hydrogen-bond acceptors (Lipinski definition) is 4. The zero-order valence-electron chi connectivity index (χ0n) is 11.2. The van der Waals surface area contributed by atoms with Gasteiger partial charge in [-0.05, 0) is 18.6 Å². The Kier molecular flexibility index (Phi) is 3.20. The lowest BCUT2D eigenvalue weighted by Crippen LogP contribution is -2.56. The van der Waals surface area contributed by atoms with E-state index in [2.05, 4.69) is 10.3 Å². The van der Waals surface area contributed by atoms with Crippen molar-refractivity contribution < 1.29 is 9.59 Å². The summed E-state index contributed by atoms with van der Waals surface area (Å²) in [6, 6.07) is 9.31. The SMILES string of the molecule is CC1NCC(=O)N(Cc2cccc3cccnc23)C1=O. The van der Waals surface area contributed by atoms with E-state index in [0.717, 1.165) is 16.5 Å². The zero-order chi connectivity index (χ0) is 14.1. The van der Waals surface area contributed by atoms with Crippen LogP contribution in [0.5, 0.6) is 0 Å². The van der Waals surface area contributed by atoms with Crippen molar-refractivity contribution in [2.24, 2.45) is 0 Å². The zero-order valence-corrected chi connectivity index (χ0v) is 11.2. The van der Waals surface area contributed by atoms with Gasteiger partial charge in [0.2, 0.25) is 11.8 Å². The number of pyridine rings is 1. The van der Waals surface area contributed by atoms with Crippen LogP contribution in [0, 0.1) is 0 Å². The normalized spacial score (nSPS) is 19.6. The van der Waals surface area contributed by atoms with E-state index >= 15 is 0 Å². The average Bonchev–Trinajstić information content (AvgIpc) is 2.48. The van der Waals surface area contributed by atoms with Gasteiger partial charge >= 0.3 is 0 Å². The lowest BCUT2D eigenvalue weighted by Gasteiger charge is -2.29. The summed E-state index contributed by atoms with van der Waals surface area (Å²) >= 11 is 0. The van der Waals surface area contributed by atoms with Gasteiger partial charge in [0.1, 0.15) is 0 Å². The minimum absolute atomic E-state index is 0.186. The molecule has 2 amide bonds. The highest BCUT2D eigenvalue weighted by atomic mass is 16.2. The van der Waals surface area contributed by atoms with Gasteiger partial charge in [-0.2, -0.15) is 0 Å². The predicted octanol–water partition coefficient (Wildman–Crippen LogP) is 1.08. The third-order valence-corrected chi connectivity index (χ3v) is 3.54. The summed E-state index contributed by atoms with van der Waals surface area (Å²) in [7, 11) is 0. The largest absolute Gasteiger partial charge is 0.298 e. The number of carbonyl (C=O) groups excluding carboxylic acids is 2. The van der Waals surface area contributed by atoms with E-state index in [-0.39, 0.29) is 30.9 Å². The van der Waals surface area contributed by atoms with Gasteiger partial charge in [0.05, 0.1) is 24.6 Å². The minimum Gasteiger partial charge on any atom is -0.298 e. The molecule has 5 nitrogen and oxygen atoms in total. The van der Waals surface area contributed by atoms with Crippen molar-refractivity contribution in [3.63, 3.8) is 0 Å². The highest BCUT2D eigenvalue weighted by molar-refractivity contribution is 6.01. The number of hydrogen-bond donors (Lipinski definition) is 1. The van der Waals surface area contributed by atoms with Crippen LogP contribution in [-0.4, -0.2) is 34.3 Å². The molecular formula is C15H15N3O2. The number of imide groups is 1. The van der Waals surface area contributed by atoms with Crippen LogP contribution in [0.3, 0.4) is 0 Å². The summed E-state index contributed by atoms with van der Waals surface area (Å²) in [6.45, 7) is 2.24. The highest BCUT2D eigenvalue weighted by Crippen LogP contribution is 2.18. The lowest BCUT2D eigenvalue weighted by atomic mass is 10.1. The van der Waals surface area contributed by atoms with Crippen LogP contribution in [0.4, 0.5) is 0 Å². The molecule has 1 aromatic heterocycles. The number of nitrogens with one attached hydrogen (secondary N) is 1. The fourth-order valence-corrected chi connectivity index (χ4v) is 2.41. The third kappa shape index (κ3) is 2.16. The molecule has 0 spiro atoms. The summed E-state index contributed by atoms with van der Waals surface area (Å²) in [4.78, 5) is 29.7. The van der Waals surface area contributed by atoms with Gasteiger partial charge < -0.3 is 0 Å². The molecule has 0 aliphatic carbocycles. The molecule has 0 radical (unpaired) electrons. The average molecular weight is 269 g/mol. The second-order valence-electron chi connectivity index (χ2n) is 4.91. The molecule has 3 rings (SSSR count). The molecule has 2 aromatic rings. The molecule has 1 aromatic carbocycles. The fourth-order valence-electron chi connectivity index (χ4n) is 2.41. The summed E-state index contributed by atoms with van der Waals surface area (Å²) < 4.78 is 0. The van der Waals surface area contributed by atoms with Crippen molar-refractivity contribution in [1.82, 2.24) is 15.2 Å². The number of benzene rings is 1. The van der Waals surface area contributed by atoms with Crippen LogP contribution in [0.2, 0.25) is 0 Å². The van der Waals surface area contributed by atoms with Crippen LogP contribution < -0.4 is 5.32 Å². The Morgan fingerprint density at radius 1 is 1.30 bits per heavy atom. The topological polar surface area (TPSA) is 62.3 Å². The maximum atomic E-state index is 12.1. The molecule has 2 heterocycles. The van der Waals surface area contributed by atoms with Crippen LogP contribution in [0.25, 0.3) is 10.9 Å². The van der Waals surface area contributed by atoms with Crippen molar-refractivity contribution >= 4 is 22.7 Å². The number of fused-ring (bicyclic) bond motifs is 1. The molecule has 102 valence electrons. The molecule has 20 heavy (non-hydrogen) atoms. The molecular weight excluding hydrogens is 254 g/mol. The Hall–Kier alpha value is -2.27. The van der Waals surface area contributed by atoms with E-state index < -0.39 is 0 Å². The van der Waals surface area contributed by atoms with Gasteiger partial charge in [-0.25, -0.2) is 0 Å². The molecule has 0 saturated carbocycles. The first-order valence-corrected chi connectivity index (χ1v) is 6.57. The molecule has 5 heteroatoms. The quantitative estimate of drug-likeness (QED) is 0.829. The van der Waals surface area contributed by atoms with Gasteiger partial charge in [-0.3, -0.25) is 24.8 Å². The smallest absolute Gasteiger partial charge is 0.246 e. The first kappa shape index (κ1) is 12.7. The van der Waals surface area contributed by atoms with Crippen LogP contribution in [0.1, 0.15) is 12.5 Å². The van der Waals surface area contributed by atoms with Crippen molar-refractivity contribution in [1.29, 1.82) is 0 Å². The van der Waals surface area contributed by atoms with Crippen molar-refractivity contribution in [3.05, 3.63) is 42.1 Å². The Morgan fingerprint density at radius 2 is 2.10 bits per heavy atom. The van der Waals surface area contributed by atoms with Crippen molar-refractivity contribution in [2.75, 3.05) is 6.54 Å². The summed E-state index contributed by atoms with van der Waals surface area (Å²) in [6.07, 6.45) is 1.72. The molecule has 1 atom stereocenters. The van der Waals surface area contributed by atoms with E-state index in [1.165, 1.54) is 4.90 Å². The van der Waals surface area contributed by atoms with E-state index in [1.54, 1.807) is 13.1 Å². The lowest BCUT2D eigenvalue weighted by molar-refractivity contribution is -0.149. The Morgan fingerprint density at radius 3 is 2.95 bits per heavy atom. The summed E-state index contributed by atoms with van der Waals surface area (Å²) in [5.41, 5.74) is 1.72. The Labute approximate surface area is 116 Å². The highest BCUT2D eigenvalue weighted by Gasteiger charge is 2.31. The predicted molar refractivity (Wildman–Crippen MR) is 74.8 cm³/mol. The number of amides is 2.